The Hall–Kier alpha value is -2.61. The molecule has 0 aliphatic heterocycles. The van der Waals surface area contributed by atoms with Crippen LogP contribution in [0.3, 0.4) is 0 Å². The van der Waals surface area contributed by atoms with Crippen LogP contribution in [0.5, 0.6) is 0 Å². The zero-order valence-corrected chi connectivity index (χ0v) is 16.7. The SMILES string of the molecule is Cc1nc(N)n2c(SCC(=O)NC3CCCC3)nnc2c1Cc1ccccc1. The highest BCUT2D eigenvalue weighted by atomic mass is 32.2. The molecule has 4 rings (SSSR count). The molecule has 1 aliphatic carbocycles. The van der Waals surface area contributed by atoms with Gasteiger partial charge in [0.1, 0.15) is 0 Å². The number of benzene rings is 1. The van der Waals surface area contributed by atoms with Crippen LogP contribution in [0.25, 0.3) is 5.65 Å². The maximum atomic E-state index is 12.2. The monoisotopic (exact) mass is 396 g/mol. The fourth-order valence-electron chi connectivity index (χ4n) is 3.69. The highest BCUT2D eigenvalue weighted by molar-refractivity contribution is 7.99. The second kappa shape index (κ2) is 8.18. The molecule has 1 aromatic carbocycles. The highest BCUT2D eigenvalue weighted by Gasteiger charge is 2.20. The second-order valence-corrected chi connectivity index (χ2v) is 8.12. The molecule has 1 aliphatic rings. The minimum atomic E-state index is 0.0248. The first-order valence-electron chi connectivity index (χ1n) is 9.58. The second-order valence-electron chi connectivity index (χ2n) is 7.18. The molecule has 1 fully saturated rings. The number of fused-ring (bicyclic) bond motifs is 1. The van der Waals surface area contributed by atoms with Gasteiger partial charge in [0, 0.05) is 23.7 Å². The van der Waals surface area contributed by atoms with Crippen molar-refractivity contribution in [2.24, 2.45) is 0 Å². The molecular formula is C20H24N6OS. The van der Waals surface area contributed by atoms with Gasteiger partial charge >= 0.3 is 0 Å². The third kappa shape index (κ3) is 3.96. The molecule has 0 saturated heterocycles. The lowest BCUT2D eigenvalue weighted by Gasteiger charge is -2.12. The largest absolute Gasteiger partial charge is 0.369 e. The van der Waals surface area contributed by atoms with Crippen molar-refractivity contribution in [2.45, 2.75) is 50.2 Å². The summed E-state index contributed by atoms with van der Waals surface area (Å²) in [6, 6.07) is 10.5. The summed E-state index contributed by atoms with van der Waals surface area (Å²) in [6.07, 6.45) is 5.23. The average molecular weight is 397 g/mol. The van der Waals surface area contributed by atoms with E-state index in [2.05, 4.69) is 32.6 Å². The number of hydrogen-bond donors (Lipinski definition) is 2. The molecule has 1 saturated carbocycles. The van der Waals surface area contributed by atoms with Gasteiger partial charge in [-0.3, -0.25) is 4.79 Å². The van der Waals surface area contributed by atoms with Crippen molar-refractivity contribution in [1.82, 2.24) is 24.9 Å². The summed E-state index contributed by atoms with van der Waals surface area (Å²) >= 11 is 1.34. The van der Waals surface area contributed by atoms with Crippen molar-refractivity contribution in [1.29, 1.82) is 0 Å². The van der Waals surface area contributed by atoms with Crippen LogP contribution in [-0.2, 0) is 11.2 Å². The molecule has 3 aromatic rings. The minimum Gasteiger partial charge on any atom is -0.369 e. The molecule has 1 amide bonds. The molecule has 0 spiro atoms. The molecule has 2 heterocycles. The van der Waals surface area contributed by atoms with Gasteiger partial charge in [0.05, 0.1) is 5.75 Å². The molecule has 0 bridgehead atoms. The molecule has 28 heavy (non-hydrogen) atoms. The Labute approximate surface area is 168 Å². The molecule has 2 aromatic heterocycles. The number of hydrogen-bond acceptors (Lipinski definition) is 6. The third-order valence-corrected chi connectivity index (χ3v) is 6.06. The molecule has 8 heteroatoms. The number of amides is 1. The van der Waals surface area contributed by atoms with E-state index in [1.165, 1.54) is 30.2 Å². The number of aryl methyl sites for hydroxylation is 1. The van der Waals surface area contributed by atoms with Crippen molar-refractivity contribution < 1.29 is 4.79 Å². The Morgan fingerprint density at radius 3 is 2.75 bits per heavy atom. The van der Waals surface area contributed by atoms with E-state index < -0.39 is 0 Å². The quantitative estimate of drug-likeness (QED) is 0.622. The number of thioether (sulfide) groups is 1. The van der Waals surface area contributed by atoms with Crippen LogP contribution in [0.15, 0.2) is 35.5 Å². The first-order valence-corrected chi connectivity index (χ1v) is 10.6. The number of carbonyl (C=O) groups is 1. The number of anilines is 1. The van der Waals surface area contributed by atoms with E-state index in [1.807, 2.05) is 25.1 Å². The molecule has 0 radical (unpaired) electrons. The number of nitrogens with one attached hydrogen (secondary N) is 1. The van der Waals surface area contributed by atoms with Crippen LogP contribution >= 0.6 is 11.8 Å². The number of rotatable bonds is 6. The highest BCUT2D eigenvalue weighted by Crippen LogP contribution is 2.25. The topological polar surface area (TPSA) is 98.2 Å². The van der Waals surface area contributed by atoms with E-state index in [0.29, 0.717) is 35.0 Å². The van der Waals surface area contributed by atoms with E-state index in [-0.39, 0.29) is 5.91 Å². The van der Waals surface area contributed by atoms with Crippen molar-refractivity contribution in [2.75, 3.05) is 11.5 Å². The summed E-state index contributed by atoms with van der Waals surface area (Å²) in [5.41, 5.74) is 9.88. The van der Waals surface area contributed by atoms with Crippen LogP contribution in [0.4, 0.5) is 5.95 Å². The van der Waals surface area contributed by atoms with Gasteiger partial charge in [-0.05, 0) is 25.3 Å². The summed E-state index contributed by atoms with van der Waals surface area (Å²) in [5, 5.41) is 12.3. The Bertz CT molecular complexity index is 981. The first-order chi connectivity index (χ1) is 13.6. The van der Waals surface area contributed by atoms with Crippen LogP contribution < -0.4 is 11.1 Å². The summed E-state index contributed by atoms with van der Waals surface area (Å²) in [7, 11) is 0. The number of nitrogens with zero attached hydrogens (tertiary/aromatic N) is 4. The maximum absolute atomic E-state index is 12.2. The molecular weight excluding hydrogens is 372 g/mol. The van der Waals surface area contributed by atoms with Gasteiger partial charge in [-0.1, -0.05) is 54.9 Å². The van der Waals surface area contributed by atoms with Gasteiger partial charge in [0.25, 0.3) is 0 Å². The fraction of sp³-hybridized carbons (Fsp3) is 0.400. The van der Waals surface area contributed by atoms with Gasteiger partial charge < -0.3 is 11.1 Å². The smallest absolute Gasteiger partial charge is 0.230 e. The Balaban J connectivity index is 1.55. The number of carbonyl (C=O) groups excluding carboxylic acids is 1. The van der Waals surface area contributed by atoms with E-state index in [9.17, 15) is 4.79 Å². The van der Waals surface area contributed by atoms with Crippen molar-refractivity contribution in [3.8, 4) is 0 Å². The van der Waals surface area contributed by atoms with Crippen molar-refractivity contribution in [3.05, 3.63) is 47.2 Å². The Morgan fingerprint density at radius 1 is 1.25 bits per heavy atom. The van der Waals surface area contributed by atoms with Gasteiger partial charge in [-0.15, -0.1) is 10.2 Å². The van der Waals surface area contributed by atoms with Gasteiger partial charge in [0.15, 0.2) is 10.8 Å². The van der Waals surface area contributed by atoms with Crippen molar-refractivity contribution >= 4 is 29.3 Å². The van der Waals surface area contributed by atoms with Gasteiger partial charge in [0.2, 0.25) is 11.9 Å². The van der Waals surface area contributed by atoms with Gasteiger partial charge in [-0.25, -0.2) is 9.38 Å². The van der Waals surface area contributed by atoms with Crippen LogP contribution in [0.2, 0.25) is 0 Å². The van der Waals surface area contributed by atoms with Crippen LogP contribution in [0, 0.1) is 6.92 Å². The maximum Gasteiger partial charge on any atom is 0.230 e. The number of nitrogens with two attached hydrogens (primary N) is 1. The predicted molar refractivity (Wildman–Crippen MR) is 110 cm³/mol. The molecule has 0 unspecified atom stereocenters. The summed E-state index contributed by atoms with van der Waals surface area (Å²) in [4.78, 5) is 16.7. The Morgan fingerprint density at radius 2 is 2.00 bits per heavy atom. The molecule has 7 nitrogen and oxygen atoms in total. The van der Waals surface area contributed by atoms with Gasteiger partial charge in [-0.2, -0.15) is 0 Å². The molecule has 146 valence electrons. The number of nitrogen functional groups attached to an aromatic ring is 1. The van der Waals surface area contributed by atoms with E-state index >= 15 is 0 Å². The van der Waals surface area contributed by atoms with Crippen LogP contribution in [-0.4, -0.2) is 37.3 Å². The van der Waals surface area contributed by atoms with E-state index in [4.69, 9.17) is 5.73 Å². The minimum absolute atomic E-state index is 0.0248. The van der Waals surface area contributed by atoms with E-state index in [0.717, 1.165) is 24.1 Å². The summed E-state index contributed by atoms with van der Waals surface area (Å²) in [5.74, 6) is 0.656. The first kappa shape index (κ1) is 18.7. The number of aromatic nitrogens is 4. The zero-order chi connectivity index (χ0) is 19.5. The predicted octanol–water partition coefficient (Wildman–Crippen LogP) is 2.76. The molecule has 0 atom stereocenters. The lowest BCUT2D eigenvalue weighted by Crippen LogP contribution is -2.33. The normalized spacial score (nSPS) is 14.6. The lowest BCUT2D eigenvalue weighted by atomic mass is 10.0. The zero-order valence-electron chi connectivity index (χ0n) is 15.9. The third-order valence-electron chi connectivity index (χ3n) is 5.13. The standard InChI is InChI=1S/C20H24N6OS/c1-13-16(11-14-7-3-2-4-8-14)18-24-25-20(26(18)19(21)22-13)28-12-17(27)23-15-9-5-6-10-15/h2-4,7-8,15H,5-6,9-12H2,1H3,(H2,21,22)(H,23,27). The average Bonchev–Trinajstić information content (AvgIpc) is 3.34. The molecule has 3 N–H and O–H groups in total. The lowest BCUT2D eigenvalue weighted by molar-refractivity contribution is -0.119. The Kier molecular flexibility index (Phi) is 5.47. The fourth-order valence-corrected chi connectivity index (χ4v) is 4.44. The van der Waals surface area contributed by atoms with E-state index in [1.54, 1.807) is 4.40 Å². The van der Waals surface area contributed by atoms with Crippen molar-refractivity contribution in [3.63, 3.8) is 0 Å². The van der Waals surface area contributed by atoms with Crippen LogP contribution in [0.1, 0.15) is 42.5 Å². The summed E-state index contributed by atoms with van der Waals surface area (Å²) in [6.45, 7) is 1.94. The summed E-state index contributed by atoms with van der Waals surface area (Å²) < 4.78 is 1.75.